The normalized spacial score (nSPS) is 17.0. The Morgan fingerprint density at radius 1 is 0.654 bits per heavy atom. The quantitative estimate of drug-likeness (QED) is 0.144. The van der Waals surface area contributed by atoms with E-state index >= 15 is 0 Å². The average molecular weight is 729 g/mol. The molecule has 0 saturated heterocycles. The van der Waals surface area contributed by atoms with Crippen LogP contribution in [0.2, 0.25) is 0 Å². The first-order valence-electron chi connectivity index (χ1n) is 16.8. The van der Waals surface area contributed by atoms with Crippen molar-refractivity contribution in [1.82, 2.24) is 4.31 Å². The monoisotopic (exact) mass is 728 g/mol. The van der Waals surface area contributed by atoms with E-state index in [-0.39, 0.29) is 22.9 Å². The highest BCUT2D eigenvalue weighted by Crippen LogP contribution is 2.50. The Kier molecular flexibility index (Phi) is 9.52. The van der Waals surface area contributed by atoms with E-state index in [1.807, 2.05) is 92.7 Å². The number of aryl methyl sites for hydroxylation is 2. The number of esters is 1. The minimum Gasteiger partial charge on any atom is -0.460 e. The van der Waals surface area contributed by atoms with Crippen LogP contribution < -0.4 is 0 Å². The van der Waals surface area contributed by atoms with Gasteiger partial charge in [0.2, 0.25) is 0 Å². The second-order valence-corrected chi connectivity index (χ2v) is 16.3. The maximum atomic E-state index is 14.9. The number of allylic oxidation sites excluding steroid dienone is 1. The van der Waals surface area contributed by atoms with E-state index in [2.05, 4.69) is 4.40 Å². The third-order valence-corrected chi connectivity index (χ3v) is 12.4. The molecule has 1 heterocycles. The van der Waals surface area contributed by atoms with E-state index in [1.165, 1.54) is 24.3 Å². The molecule has 0 radical (unpaired) electrons. The summed E-state index contributed by atoms with van der Waals surface area (Å²) in [7, 11) is -9.07. The Hall–Kier alpha value is -5.58. The third kappa shape index (κ3) is 6.87. The summed E-state index contributed by atoms with van der Waals surface area (Å²) < 4.78 is 69.6. The molecule has 2 aliphatic rings. The van der Waals surface area contributed by atoms with Crippen molar-refractivity contribution < 1.29 is 26.4 Å². The number of ether oxygens (including phenoxy) is 1. The average Bonchev–Trinajstić information content (AvgIpc) is 3.24. The molecule has 0 amide bonds. The first-order valence-corrected chi connectivity index (χ1v) is 19.7. The lowest BCUT2D eigenvalue weighted by molar-refractivity contribution is -0.145. The van der Waals surface area contributed by atoms with Crippen LogP contribution in [0, 0.1) is 19.8 Å². The van der Waals surface area contributed by atoms with Gasteiger partial charge in [-0.05, 0) is 83.5 Å². The second kappa shape index (κ2) is 14.2. The molecule has 0 aromatic heterocycles. The Morgan fingerprint density at radius 2 is 1.17 bits per heavy atom. The topological polar surface area (TPSA) is 110 Å². The number of benzene rings is 5. The van der Waals surface area contributed by atoms with E-state index in [0.717, 1.165) is 32.1 Å². The summed E-state index contributed by atoms with van der Waals surface area (Å²) in [5.74, 6) is -2.82. The molecule has 7 rings (SSSR count). The van der Waals surface area contributed by atoms with Gasteiger partial charge in [-0.25, -0.2) is 12.7 Å². The van der Waals surface area contributed by atoms with Crippen LogP contribution in [0.4, 0.5) is 0 Å². The number of sulfonamides is 2. The Morgan fingerprint density at radius 3 is 1.75 bits per heavy atom. The molecule has 1 unspecified atom stereocenters. The number of hydrogen-bond acceptors (Lipinski definition) is 6. The van der Waals surface area contributed by atoms with Crippen LogP contribution in [0.1, 0.15) is 34.2 Å². The van der Waals surface area contributed by atoms with Crippen LogP contribution in [0.3, 0.4) is 0 Å². The first kappa shape index (κ1) is 34.9. The minimum absolute atomic E-state index is 0.0687. The SMILES string of the molecule is Cc1ccc(S(=O)(=O)/N=C2\C(C(=O)OCc3ccccc3)C(c3ccccc3)=C3CC(c4ccccc4)=C3CN2S(=O)(=O)c2ccc(C)cc2)cc1. The summed E-state index contributed by atoms with van der Waals surface area (Å²) in [6.07, 6.45) is 0.419. The van der Waals surface area contributed by atoms with E-state index < -0.39 is 37.8 Å². The number of hydrogen-bond donors (Lipinski definition) is 0. The third-order valence-electron chi connectivity index (χ3n) is 9.32. The largest absolute Gasteiger partial charge is 0.460 e. The van der Waals surface area contributed by atoms with Gasteiger partial charge < -0.3 is 4.74 Å². The summed E-state index contributed by atoms with van der Waals surface area (Å²) in [5.41, 5.74) is 6.68. The van der Waals surface area contributed by atoms with Gasteiger partial charge in [0, 0.05) is 0 Å². The molecule has 262 valence electrons. The molecule has 0 spiro atoms. The summed E-state index contributed by atoms with van der Waals surface area (Å²) in [6, 6.07) is 40.3. The molecule has 52 heavy (non-hydrogen) atoms. The van der Waals surface area contributed by atoms with Crippen LogP contribution in [-0.2, 0) is 36.2 Å². The molecule has 1 aliphatic carbocycles. The molecule has 0 fully saturated rings. The van der Waals surface area contributed by atoms with Crippen molar-refractivity contribution in [3.05, 3.63) is 178 Å². The van der Waals surface area contributed by atoms with Crippen molar-refractivity contribution in [3.8, 4) is 0 Å². The summed E-state index contributed by atoms with van der Waals surface area (Å²) >= 11 is 0. The predicted molar refractivity (Wildman–Crippen MR) is 202 cm³/mol. The molecule has 1 aliphatic heterocycles. The zero-order valence-corrected chi connectivity index (χ0v) is 30.3. The zero-order valence-electron chi connectivity index (χ0n) is 28.6. The number of amidine groups is 1. The molecule has 10 heteroatoms. The van der Waals surface area contributed by atoms with Crippen molar-refractivity contribution >= 4 is 43.0 Å². The van der Waals surface area contributed by atoms with Crippen LogP contribution >= 0.6 is 0 Å². The van der Waals surface area contributed by atoms with E-state index in [0.29, 0.717) is 28.7 Å². The molecular formula is C42H36N2O6S2. The van der Waals surface area contributed by atoms with Gasteiger partial charge in [-0.15, -0.1) is 4.40 Å². The number of nitrogens with zero attached hydrogens (tertiary/aromatic N) is 2. The minimum atomic E-state index is -4.56. The number of rotatable bonds is 9. The molecular weight excluding hydrogens is 693 g/mol. The summed E-state index contributed by atoms with van der Waals surface area (Å²) in [6.45, 7) is 3.30. The Balaban J connectivity index is 1.52. The maximum Gasteiger partial charge on any atom is 0.321 e. The van der Waals surface area contributed by atoms with Crippen LogP contribution in [0.15, 0.2) is 165 Å². The van der Waals surface area contributed by atoms with Gasteiger partial charge >= 0.3 is 5.97 Å². The van der Waals surface area contributed by atoms with Gasteiger partial charge in [-0.1, -0.05) is 126 Å². The highest BCUT2D eigenvalue weighted by molar-refractivity contribution is 7.91. The van der Waals surface area contributed by atoms with Gasteiger partial charge in [0.25, 0.3) is 20.0 Å². The molecule has 0 N–H and O–H groups in total. The number of carbonyl (C=O) groups is 1. The van der Waals surface area contributed by atoms with Gasteiger partial charge in [-0.3, -0.25) is 4.79 Å². The van der Waals surface area contributed by atoms with E-state index in [1.54, 1.807) is 36.4 Å². The highest BCUT2D eigenvalue weighted by atomic mass is 32.2. The van der Waals surface area contributed by atoms with Crippen LogP contribution in [-0.4, -0.2) is 39.5 Å². The molecule has 5 aromatic rings. The zero-order chi connectivity index (χ0) is 36.5. The number of fused-ring (bicyclic) bond motifs is 1. The fourth-order valence-corrected chi connectivity index (χ4v) is 9.04. The van der Waals surface area contributed by atoms with Crippen molar-refractivity contribution in [2.75, 3.05) is 6.54 Å². The first-order chi connectivity index (χ1) is 25.0. The Labute approximate surface area is 304 Å². The summed E-state index contributed by atoms with van der Waals surface area (Å²) in [4.78, 5) is 14.5. The lowest BCUT2D eigenvalue weighted by Crippen LogP contribution is -2.44. The maximum absolute atomic E-state index is 14.9. The van der Waals surface area contributed by atoms with Gasteiger partial charge in [-0.2, -0.15) is 8.42 Å². The lowest BCUT2D eigenvalue weighted by Gasteiger charge is -2.31. The van der Waals surface area contributed by atoms with Gasteiger partial charge in [0.15, 0.2) is 5.84 Å². The lowest BCUT2D eigenvalue weighted by atomic mass is 9.73. The van der Waals surface area contributed by atoms with E-state index in [4.69, 9.17) is 4.74 Å². The molecule has 0 bridgehead atoms. The van der Waals surface area contributed by atoms with Crippen molar-refractivity contribution in [2.45, 2.75) is 36.7 Å². The van der Waals surface area contributed by atoms with Crippen molar-refractivity contribution in [1.29, 1.82) is 0 Å². The standard InChI is InChI=1S/C42H36N2O6S2/c1-29-18-22-34(23-19-29)51(46,47)43-41-40(42(45)50-28-31-12-6-3-7-13-31)39(33-16-10-5-11-17-33)37-26-36(32-14-8-4-9-15-32)38(37)27-44(41)52(48,49)35-24-20-30(2)21-25-35/h3-25,40H,26-28H2,1-2H3/b43-41+. The van der Waals surface area contributed by atoms with E-state index in [9.17, 15) is 21.6 Å². The van der Waals surface area contributed by atoms with Gasteiger partial charge in [0.1, 0.15) is 12.5 Å². The fourth-order valence-electron chi connectivity index (χ4n) is 6.53. The molecule has 0 saturated carbocycles. The van der Waals surface area contributed by atoms with Crippen molar-refractivity contribution in [3.63, 3.8) is 0 Å². The smallest absolute Gasteiger partial charge is 0.321 e. The van der Waals surface area contributed by atoms with Crippen molar-refractivity contribution in [2.24, 2.45) is 10.3 Å². The molecule has 8 nitrogen and oxygen atoms in total. The molecule has 5 aromatic carbocycles. The fraction of sp³-hybridized carbons (Fsp3) is 0.143. The van der Waals surface area contributed by atoms with Crippen LogP contribution in [0.25, 0.3) is 11.1 Å². The summed E-state index contributed by atoms with van der Waals surface area (Å²) in [5, 5.41) is 0. The Bertz CT molecular complexity index is 2440. The molecule has 1 atom stereocenters. The predicted octanol–water partition coefficient (Wildman–Crippen LogP) is 7.77. The van der Waals surface area contributed by atoms with Gasteiger partial charge in [0.05, 0.1) is 16.3 Å². The highest BCUT2D eigenvalue weighted by Gasteiger charge is 2.47. The van der Waals surface area contributed by atoms with Crippen LogP contribution in [0.5, 0.6) is 0 Å². The second-order valence-electron chi connectivity index (χ2n) is 12.8. The number of carbonyl (C=O) groups excluding carboxylic acids is 1.